The summed E-state index contributed by atoms with van der Waals surface area (Å²) in [5.41, 5.74) is 0.778. The van der Waals surface area contributed by atoms with Crippen LogP contribution in [0.1, 0.15) is 36.7 Å². The van der Waals surface area contributed by atoms with Crippen LogP contribution in [0.15, 0.2) is 30.3 Å². The second kappa shape index (κ2) is 9.49. The molecule has 0 aliphatic rings. The number of hydrogen-bond acceptors (Lipinski definition) is 5. The first-order valence-corrected chi connectivity index (χ1v) is 9.53. The molecule has 1 unspecified atom stereocenters. The zero-order valence-corrected chi connectivity index (χ0v) is 17.7. The molecule has 0 spiro atoms. The number of rotatable bonds is 6. The molecule has 30 heavy (non-hydrogen) atoms. The van der Waals surface area contributed by atoms with Gasteiger partial charge in [-0.15, -0.1) is 0 Å². The number of phenolic OH excluding ortho intramolecular Hbond substituents is 1. The number of phenols is 1. The summed E-state index contributed by atoms with van der Waals surface area (Å²) in [7, 11) is 0. The van der Waals surface area contributed by atoms with Crippen molar-refractivity contribution >= 4 is 35.1 Å². The number of carboxylic acid groups (broad SMARTS) is 1. The van der Waals surface area contributed by atoms with Crippen molar-refractivity contribution in [1.29, 1.82) is 0 Å². The summed E-state index contributed by atoms with van der Waals surface area (Å²) in [6.07, 6.45) is 0. The molecule has 9 heteroatoms. The number of carbonyl (C=O) groups is 3. The fraction of sp³-hybridized carbons (Fsp3) is 0.286. The second-order valence-corrected chi connectivity index (χ2v) is 7.56. The van der Waals surface area contributed by atoms with Gasteiger partial charge >= 0.3 is 11.9 Å². The van der Waals surface area contributed by atoms with Gasteiger partial charge in [0.05, 0.1) is 10.6 Å². The fourth-order valence-electron chi connectivity index (χ4n) is 2.45. The summed E-state index contributed by atoms with van der Waals surface area (Å²) in [4.78, 5) is 34.5. The topological polar surface area (TPSA) is 125 Å². The zero-order chi connectivity index (χ0) is 22.6. The number of nitrogens with one attached hydrogen (secondary N) is 2. The Morgan fingerprint density at radius 1 is 1.10 bits per heavy atom. The van der Waals surface area contributed by atoms with Crippen LogP contribution in [0.4, 0.5) is 5.69 Å². The molecule has 0 radical (unpaired) electrons. The lowest BCUT2D eigenvalue weighted by Gasteiger charge is -2.18. The van der Waals surface area contributed by atoms with Crippen LogP contribution in [0.3, 0.4) is 0 Å². The highest BCUT2D eigenvalue weighted by Crippen LogP contribution is 2.36. The molecule has 0 aliphatic heterocycles. The van der Waals surface area contributed by atoms with Gasteiger partial charge in [0.15, 0.2) is 0 Å². The van der Waals surface area contributed by atoms with Crippen LogP contribution in [0.5, 0.6) is 17.2 Å². The Bertz CT molecular complexity index is 966. The molecule has 2 aromatic rings. The van der Waals surface area contributed by atoms with Crippen LogP contribution in [0.25, 0.3) is 0 Å². The average Bonchev–Trinajstić information content (AvgIpc) is 2.65. The number of amides is 2. The largest absolute Gasteiger partial charge is 0.507 e. The molecule has 2 amide bonds. The Kier molecular flexibility index (Phi) is 7.28. The van der Waals surface area contributed by atoms with E-state index < -0.39 is 17.8 Å². The molecule has 2 aromatic carbocycles. The monoisotopic (exact) mass is 434 g/mol. The Hall–Kier alpha value is -3.26. The summed E-state index contributed by atoms with van der Waals surface area (Å²) in [6.45, 7) is 7.47. The number of carbonyl (C=O) groups excluding carboxylic acids is 2. The van der Waals surface area contributed by atoms with Gasteiger partial charge in [0.1, 0.15) is 17.2 Å². The SMILES string of the molecule is Cc1cc(NC(=O)C(=O)O)cc(Cl)c1Oc1ccc(O)c(C(=O)NC(C)C(C)C)c1. The first kappa shape index (κ1) is 23.0. The van der Waals surface area contributed by atoms with Gasteiger partial charge in [-0.2, -0.15) is 0 Å². The normalized spacial score (nSPS) is 11.7. The number of ether oxygens (including phenoxy) is 1. The van der Waals surface area contributed by atoms with Gasteiger partial charge in [-0.05, 0) is 55.7 Å². The predicted octanol–water partition coefficient (Wildman–Crippen LogP) is 3.94. The van der Waals surface area contributed by atoms with Crippen molar-refractivity contribution in [3.8, 4) is 17.2 Å². The van der Waals surface area contributed by atoms with E-state index in [1.807, 2.05) is 20.8 Å². The van der Waals surface area contributed by atoms with Gasteiger partial charge in [0, 0.05) is 11.7 Å². The standard InChI is InChI=1S/C21H23ClN2O6/c1-10(2)12(4)23-19(26)15-9-14(5-6-17(15)25)30-18-11(3)7-13(8-16(18)22)24-20(27)21(28)29/h5-10,12,25H,1-4H3,(H,23,26)(H,24,27)(H,28,29). The highest BCUT2D eigenvalue weighted by molar-refractivity contribution is 6.37. The van der Waals surface area contributed by atoms with Crippen LogP contribution in [0, 0.1) is 12.8 Å². The van der Waals surface area contributed by atoms with Crippen LogP contribution >= 0.6 is 11.6 Å². The van der Waals surface area contributed by atoms with Crippen molar-refractivity contribution < 1.29 is 29.3 Å². The molecule has 0 fully saturated rings. The minimum Gasteiger partial charge on any atom is -0.507 e. The van der Waals surface area contributed by atoms with Gasteiger partial charge in [-0.25, -0.2) is 4.79 Å². The number of aromatic hydroxyl groups is 1. The fourth-order valence-corrected chi connectivity index (χ4v) is 2.75. The van der Waals surface area contributed by atoms with Crippen LogP contribution < -0.4 is 15.4 Å². The highest BCUT2D eigenvalue weighted by Gasteiger charge is 2.18. The molecule has 0 aromatic heterocycles. The van der Waals surface area contributed by atoms with Crippen molar-refractivity contribution in [2.45, 2.75) is 33.7 Å². The van der Waals surface area contributed by atoms with Crippen LogP contribution in [-0.4, -0.2) is 34.0 Å². The minimum absolute atomic E-state index is 0.0547. The summed E-state index contributed by atoms with van der Waals surface area (Å²) in [5, 5.41) is 23.9. The third kappa shape index (κ3) is 5.64. The van der Waals surface area contributed by atoms with Gasteiger partial charge in [0.2, 0.25) is 0 Å². The Morgan fingerprint density at radius 2 is 1.77 bits per heavy atom. The van der Waals surface area contributed by atoms with Crippen molar-refractivity contribution in [2.24, 2.45) is 5.92 Å². The molecule has 1 atom stereocenters. The van der Waals surface area contributed by atoms with Crippen LogP contribution in [-0.2, 0) is 9.59 Å². The summed E-state index contributed by atoms with van der Waals surface area (Å²) < 4.78 is 5.79. The number of carboxylic acids is 1. The van der Waals surface area contributed by atoms with E-state index in [1.54, 1.807) is 6.92 Å². The number of benzene rings is 2. The third-order valence-electron chi connectivity index (χ3n) is 4.47. The molecular weight excluding hydrogens is 412 g/mol. The number of hydrogen-bond donors (Lipinski definition) is 4. The maximum Gasteiger partial charge on any atom is 0.394 e. The molecule has 0 aliphatic carbocycles. The first-order chi connectivity index (χ1) is 14.0. The van der Waals surface area contributed by atoms with E-state index in [0.717, 1.165) is 0 Å². The molecule has 0 saturated carbocycles. The molecule has 0 heterocycles. The Labute approximate surface area is 178 Å². The number of aliphatic carboxylic acids is 1. The summed E-state index contributed by atoms with van der Waals surface area (Å²) >= 11 is 6.23. The van der Waals surface area contributed by atoms with E-state index in [4.69, 9.17) is 21.4 Å². The van der Waals surface area contributed by atoms with E-state index in [1.165, 1.54) is 30.3 Å². The van der Waals surface area contributed by atoms with Gasteiger partial charge in [0.25, 0.3) is 5.91 Å². The summed E-state index contributed by atoms with van der Waals surface area (Å²) in [5.74, 6) is -2.69. The van der Waals surface area contributed by atoms with Gasteiger partial charge in [-0.1, -0.05) is 25.4 Å². The predicted molar refractivity (Wildman–Crippen MR) is 112 cm³/mol. The minimum atomic E-state index is -1.62. The molecule has 4 N–H and O–H groups in total. The number of halogens is 1. The van der Waals surface area contributed by atoms with Crippen LogP contribution in [0.2, 0.25) is 5.02 Å². The highest BCUT2D eigenvalue weighted by atomic mass is 35.5. The van der Waals surface area contributed by atoms with Gasteiger partial charge in [-0.3, -0.25) is 9.59 Å². The van der Waals surface area contributed by atoms with E-state index in [0.29, 0.717) is 5.56 Å². The van der Waals surface area contributed by atoms with Crippen molar-refractivity contribution in [2.75, 3.05) is 5.32 Å². The van der Waals surface area contributed by atoms with Crippen molar-refractivity contribution in [3.05, 3.63) is 46.5 Å². The Morgan fingerprint density at radius 3 is 2.33 bits per heavy atom. The molecule has 160 valence electrons. The van der Waals surface area contributed by atoms with E-state index >= 15 is 0 Å². The summed E-state index contributed by atoms with van der Waals surface area (Å²) in [6, 6.07) is 6.98. The lowest BCUT2D eigenvalue weighted by molar-refractivity contribution is -0.147. The number of anilines is 1. The van der Waals surface area contributed by atoms with E-state index in [2.05, 4.69) is 10.6 Å². The molecule has 0 saturated heterocycles. The molecule has 8 nitrogen and oxygen atoms in total. The first-order valence-electron chi connectivity index (χ1n) is 9.15. The molecule has 0 bridgehead atoms. The van der Waals surface area contributed by atoms with Gasteiger partial charge < -0.3 is 25.6 Å². The smallest absolute Gasteiger partial charge is 0.394 e. The lowest BCUT2D eigenvalue weighted by atomic mass is 10.1. The average molecular weight is 435 g/mol. The Balaban J connectivity index is 2.27. The molecular formula is C21H23ClN2O6. The number of aryl methyl sites for hydroxylation is 1. The van der Waals surface area contributed by atoms with E-state index in [-0.39, 0.29) is 45.5 Å². The second-order valence-electron chi connectivity index (χ2n) is 7.15. The third-order valence-corrected chi connectivity index (χ3v) is 4.75. The quantitative estimate of drug-likeness (QED) is 0.510. The maximum absolute atomic E-state index is 12.5. The van der Waals surface area contributed by atoms with Crippen molar-refractivity contribution in [1.82, 2.24) is 5.32 Å². The zero-order valence-electron chi connectivity index (χ0n) is 16.9. The van der Waals surface area contributed by atoms with Crippen molar-refractivity contribution in [3.63, 3.8) is 0 Å². The maximum atomic E-state index is 12.5. The lowest BCUT2D eigenvalue weighted by Crippen LogP contribution is -2.36. The van der Waals surface area contributed by atoms with E-state index in [9.17, 15) is 19.5 Å². The molecule has 2 rings (SSSR count).